The molecule has 15 rings (SSSR count). The highest BCUT2D eigenvalue weighted by Gasteiger charge is 2.63. The first-order valence-electron chi connectivity index (χ1n) is 35.7. The fourth-order valence-corrected chi connectivity index (χ4v) is 20.5. The van der Waals surface area contributed by atoms with Crippen LogP contribution in [-0.2, 0) is 71.3 Å². The van der Waals surface area contributed by atoms with E-state index >= 15 is 0 Å². The number of halogens is 3. The number of alkyl halides is 1. The molecular weight excluding hydrogens is 1440 g/mol. The highest BCUT2D eigenvalue weighted by molar-refractivity contribution is 9.09. The smallest absolute Gasteiger partial charge is 0.302 e. The highest BCUT2D eigenvalue weighted by Crippen LogP contribution is 2.67. The van der Waals surface area contributed by atoms with E-state index in [0.29, 0.717) is 66.6 Å². The average molecular weight is 1540 g/mol. The summed E-state index contributed by atoms with van der Waals surface area (Å²) < 4.78 is 38.6. The Morgan fingerprint density at radius 1 is 0.524 bits per heavy atom. The molecule has 27 heteroatoms. The number of esters is 3. The Bertz CT molecular complexity index is 3610. The fourth-order valence-electron chi connectivity index (χ4n) is 19.2. The molecular formula is C76H97BrCl2N2O22. The first-order valence-corrected chi connectivity index (χ1v) is 37.4. The molecule has 103 heavy (non-hydrogen) atoms. The molecule has 19 unspecified atom stereocenters. The molecule has 11 aliphatic rings. The third-order valence-electron chi connectivity index (χ3n) is 23.1. The molecule has 24 nitrogen and oxygen atoms in total. The largest absolute Gasteiger partial charge is 0.504 e. The molecule has 0 aromatic heterocycles. The lowest BCUT2D eigenvalue weighted by Gasteiger charge is -2.61. The Morgan fingerprint density at radius 2 is 0.951 bits per heavy atom. The second kappa shape index (κ2) is 32.7. The molecule has 12 N–H and O–H groups in total. The number of rotatable bonds is 20. The number of carbonyl (C=O) groups excluding carboxylic acids is 5. The molecule has 0 spiro atoms. The monoisotopic (exact) mass is 1540 g/mol. The van der Waals surface area contributed by atoms with Crippen molar-refractivity contribution in [3.8, 4) is 23.0 Å². The van der Waals surface area contributed by atoms with E-state index < -0.39 is 92.1 Å². The summed E-state index contributed by atoms with van der Waals surface area (Å²) >= 11 is 15.8. The summed E-state index contributed by atoms with van der Waals surface area (Å²) in [7, 11) is 0. The second-order valence-corrected chi connectivity index (χ2v) is 32.7. The molecule has 19 atom stereocenters. The van der Waals surface area contributed by atoms with Crippen LogP contribution in [0.15, 0.2) is 84.9 Å². The molecule has 8 bridgehead atoms. The summed E-state index contributed by atoms with van der Waals surface area (Å²) in [5.74, 6) is 0.604. The Hall–Kier alpha value is -5.91. The standard InChI is InChI=1S/C37H48ClNO13.C25H28ClNO3.C14H21BrO6/c38-22-4-2-21(3-5-22)36-11-19-9-20(12-36)14-37(13-19,17-36)35(48)39-8-7-18-1-6-23(49-33-31(46)29(44)27(42)25(15-40)51-33)24(10-18)50-34-32(47)30(45)28(43)26(16-41)52-34;26-20-4-2-19(3-5-20)24-11-17-9-18(12-24)14-25(13-17,15-24)23(30)27-8-7-16-1-6-21(28)22(29)10-16;1-7-13(20-9(3)17)11(6-19-8(2)16)5-12(15)14(7)21-10(4)18/h1-6,10,19-20,25-34,40-47H,7-9,11-17H2,(H,39,48);1-6,10,17-18,28-29H,7-9,11-15H2,(H,27,30);7,11-14H,5-6H2,1-4H3. The first-order chi connectivity index (χ1) is 48.9. The summed E-state index contributed by atoms with van der Waals surface area (Å²) in [6.07, 6.45) is -2.60. The summed E-state index contributed by atoms with van der Waals surface area (Å²) in [5, 5.41) is 109. The molecule has 564 valence electrons. The van der Waals surface area contributed by atoms with Crippen molar-refractivity contribution < 1.29 is 108 Å². The zero-order valence-corrected chi connectivity index (χ0v) is 61.3. The molecule has 4 aromatic rings. The summed E-state index contributed by atoms with van der Waals surface area (Å²) in [6.45, 7) is 5.53. The van der Waals surface area contributed by atoms with E-state index in [4.69, 9.17) is 56.4 Å². The maximum atomic E-state index is 14.0. The van der Waals surface area contributed by atoms with Gasteiger partial charge in [-0.15, -0.1) is 0 Å². The predicted molar refractivity (Wildman–Crippen MR) is 377 cm³/mol. The van der Waals surface area contributed by atoms with Crippen molar-refractivity contribution in [3.05, 3.63) is 117 Å². The zero-order valence-electron chi connectivity index (χ0n) is 58.2. The van der Waals surface area contributed by atoms with Gasteiger partial charge in [0, 0.05) is 55.7 Å². The number of ether oxygens (including phenoxy) is 7. The summed E-state index contributed by atoms with van der Waals surface area (Å²) in [6, 6.07) is 25.9. The molecule has 2 amide bonds. The van der Waals surface area contributed by atoms with E-state index in [1.807, 2.05) is 31.2 Å². The second-order valence-electron chi connectivity index (χ2n) is 30.6. The van der Waals surface area contributed by atoms with Crippen molar-refractivity contribution in [2.24, 2.45) is 46.3 Å². The number of aliphatic hydroxyl groups excluding tert-OH is 8. The Morgan fingerprint density at radius 3 is 1.38 bits per heavy atom. The van der Waals surface area contributed by atoms with Crippen LogP contribution in [0.2, 0.25) is 10.0 Å². The van der Waals surface area contributed by atoms with Gasteiger partial charge in [-0.3, -0.25) is 24.0 Å². The Balaban J connectivity index is 0.000000175. The molecule has 11 fully saturated rings. The predicted octanol–water partition coefficient (Wildman–Crippen LogP) is 6.67. The van der Waals surface area contributed by atoms with E-state index in [2.05, 4.69) is 50.8 Å². The number of aromatic hydroxyl groups is 2. The molecule has 4 aromatic carbocycles. The summed E-state index contributed by atoms with van der Waals surface area (Å²) in [5.41, 5.74) is 3.51. The van der Waals surface area contributed by atoms with E-state index in [-0.39, 0.29) is 92.4 Å². The van der Waals surface area contributed by atoms with E-state index in [0.717, 1.165) is 68.4 Å². The van der Waals surface area contributed by atoms with Gasteiger partial charge in [0.1, 0.15) is 61.0 Å². The minimum atomic E-state index is -1.74. The van der Waals surface area contributed by atoms with Gasteiger partial charge in [-0.05, 0) is 202 Å². The number of phenols is 2. The normalized spacial score (nSPS) is 36.5. The number of phenolic OH excluding ortho intramolecular Hbond substituents is 2. The van der Waals surface area contributed by atoms with Crippen LogP contribution in [0, 0.1) is 46.3 Å². The molecule has 0 radical (unpaired) electrons. The van der Waals surface area contributed by atoms with Crippen LogP contribution in [0.3, 0.4) is 0 Å². The number of amides is 2. The quantitative estimate of drug-likeness (QED) is 0.0190. The first kappa shape index (κ1) is 78.2. The van der Waals surface area contributed by atoms with Gasteiger partial charge in [-0.2, -0.15) is 0 Å². The van der Waals surface area contributed by atoms with Crippen LogP contribution < -0.4 is 20.1 Å². The number of nitrogens with one attached hydrogen (secondary N) is 2. The van der Waals surface area contributed by atoms with Gasteiger partial charge in [-0.1, -0.05) is 82.5 Å². The Labute approximate surface area is 617 Å². The maximum absolute atomic E-state index is 14.0. The van der Waals surface area contributed by atoms with Gasteiger partial charge < -0.3 is 94.9 Å². The number of benzene rings is 4. The molecule has 2 saturated heterocycles. The van der Waals surface area contributed by atoms with Gasteiger partial charge in [-0.25, -0.2) is 0 Å². The third kappa shape index (κ3) is 17.4. The van der Waals surface area contributed by atoms with Crippen LogP contribution in [0.5, 0.6) is 23.0 Å². The van der Waals surface area contributed by atoms with E-state index in [1.165, 1.54) is 63.3 Å². The van der Waals surface area contributed by atoms with Crippen molar-refractivity contribution in [2.75, 3.05) is 32.9 Å². The summed E-state index contributed by atoms with van der Waals surface area (Å²) in [4.78, 5) is 60.8. The van der Waals surface area contributed by atoms with Crippen LogP contribution in [0.1, 0.15) is 133 Å². The van der Waals surface area contributed by atoms with E-state index in [1.54, 1.807) is 24.3 Å². The minimum absolute atomic E-state index is 0.0419. The number of aliphatic hydroxyl groups is 8. The van der Waals surface area contributed by atoms with Crippen LogP contribution in [0.25, 0.3) is 0 Å². The Kier molecular flexibility index (Phi) is 24.8. The average Bonchev–Trinajstić information content (AvgIpc) is 0.714. The van der Waals surface area contributed by atoms with Gasteiger partial charge in [0.25, 0.3) is 0 Å². The topological polar surface area (TPSA) is 376 Å². The lowest BCUT2D eigenvalue weighted by atomic mass is 9.42. The number of hydrogen-bond donors (Lipinski definition) is 12. The van der Waals surface area contributed by atoms with Crippen LogP contribution in [0.4, 0.5) is 0 Å². The lowest BCUT2D eigenvalue weighted by Crippen LogP contribution is -2.60. The van der Waals surface area contributed by atoms with Gasteiger partial charge in [0.05, 0.1) is 35.5 Å². The van der Waals surface area contributed by atoms with Crippen molar-refractivity contribution in [3.63, 3.8) is 0 Å². The third-order valence-corrected chi connectivity index (χ3v) is 24.5. The highest BCUT2D eigenvalue weighted by atomic mass is 79.9. The van der Waals surface area contributed by atoms with Gasteiger partial charge in [0.2, 0.25) is 24.4 Å². The maximum Gasteiger partial charge on any atom is 0.302 e. The molecule has 2 aliphatic heterocycles. The van der Waals surface area contributed by atoms with Crippen molar-refractivity contribution in [2.45, 2.75) is 213 Å². The molecule has 9 saturated carbocycles. The van der Waals surface area contributed by atoms with Gasteiger partial charge in [0.15, 0.2) is 23.0 Å². The molecule has 2 heterocycles. The lowest BCUT2D eigenvalue weighted by molar-refractivity contribution is -0.282. The number of carbonyl (C=O) groups is 5. The minimum Gasteiger partial charge on any atom is -0.504 e. The van der Waals surface area contributed by atoms with Gasteiger partial charge >= 0.3 is 17.9 Å². The van der Waals surface area contributed by atoms with Crippen molar-refractivity contribution >= 4 is 68.9 Å². The van der Waals surface area contributed by atoms with Crippen molar-refractivity contribution in [1.82, 2.24) is 10.6 Å². The zero-order chi connectivity index (χ0) is 74.0. The molecule has 9 aliphatic carbocycles. The van der Waals surface area contributed by atoms with Crippen molar-refractivity contribution in [1.29, 1.82) is 0 Å². The van der Waals surface area contributed by atoms with E-state index in [9.17, 15) is 75.0 Å². The SMILES string of the molecule is CC(=O)OCC1CC(Br)C(OC(C)=O)C(C)C1OC(C)=O.O=C(NCCc1ccc(O)c(O)c1)C12CC3CC(C1)CC(c1ccc(Cl)cc1)(C3)C2.O=C(NCCc1ccc(OC2OC(CO)C(O)C(O)C2O)c(OC2OC(CO)C(O)C(O)C2O)c1)C12CC3CC(C1)CC(c1ccc(Cl)cc1)(C3)C2. The fraction of sp³-hybridized carbons (Fsp3) is 0.618. The van der Waals surface area contributed by atoms with Crippen LogP contribution >= 0.6 is 39.1 Å². The van der Waals surface area contributed by atoms with Crippen LogP contribution in [-0.4, -0.2) is 192 Å². The number of hydrogen-bond acceptors (Lipinski definition) is 22.